The number of allylic oxidation sites excluding steroid dienone is 2. The van der Waals surface area contributed by atoms with Crippen LogP contribution in [-0.4, -0.2) is 47.8 Å². The van der Waals surface area contributed by atoms with Gasteiger partial charge >= 0.3 is 5.97 Å². The number of anilines is 1. The van der Waals surface area contributed by atoms with Crippen LogP contribution < -0.4 is 10.1 Å². The molecule has 0 spiro atoms. The summed E-state index contributed by atoms with van der Waals surface area (Å²) in [5.74, 6) is -2.45. The van der Waals surface area contributed by atoms with Gasteiger partial charge in [-0.3, -0.25) is 19.3 Å². The van der Waals surface area contributed by atoms with E-state index in [1.165, 1.54) is 21.0 Å². The molecule has 8 nitrogen and oxygen atoms in total. The zero-order chi connectivity index (χ0) is 21.1. The summed E-state index contributed by atoms with van der Waals surface area (Å²) in [6.07, 6.45) is 3.62. The van der Waals surface area contributed by atoms with E-state index in [4.69, 9.17) is 9.47 Å². The van der Waals surface area contributed by atoms with Gasteiger partial charge in [0.1, 0.15) is 11.8 Å². The number of methoxy groups -OCH3 is 1. The molecule has 1 heterocycles. The largest absolute Gasteiger partial charge is 0.495 e. The van der Waals surface area contributed by atoms with Gasteiger partial charge in [0.25, 0.3) is 5.91 Å². The van der Waals surface area contributed by atoms with Gasteiger partial charge in [0.2, 0.25) is 11.8 Å². The molecule has 1 fully saturated rings. The molecule has 3 amide bonds. The number of carbonyl (C=O) groups is 4. The van der Waals surface area contributed by atoms with Crippen LogP contribution in [0.2, 0.25) is 0 Å². The predicted molar refractivity (Wildman–Crippen MR) is 104 cm³/mol. The van der Waals surface area contributed by atoms with E-state index in [2.05, 4.69) is 5.32 Å². The van der Waals surface area contributed by atoms with E-state index in [0.717, 1.165) is 4.90 Å². The van der Waals surface area contributed by atoms with E-state index >= 15 is 0 Å². The normalized spacial score (nSPS) is 22.7. The lowest BCUT2D eigenvalue weighted by molar-refractivity contribution is -0.163. The number of nitrogens with zero attached hydrogens (tertiary/aromatic N) is 1. The minimum Gasteiger partial charge on any atom is -0.495 e. The Balaban J connectivity index is 1.62. The van der Waals surface area contributed by atoms with Crippen LogP contribution in [0.5, 0.6) is 5.75 Å². The van der Waals surface area contributed by atoms with Crippen LogP contribution in [0, 0.1) is 11.8 Å². The lowest BCUT2D eigenvalue weighted by Crippen LogP contribution is -2.46. The van der Waals surface area contributed by atoms with E-state index in [-0.39, 0.29) is 11.8 Å². The third-order valence-corrected chi connectivity index (χ3v) is 5.30. The molecule has 0 aromatic heterocycles. The number of nitrogens with one attached hydrogen (secondary N) is 1. The number of benzene rings is 1. The minimum absolute atomic E-state index is 0.361. The summed E-state index contributed by atoms with van der Waals surface area (Å²) in [6.45, 7) is 2.86. The first-order valence-corrected chi connectivity index (χ1v) is 9.51. The lowest BCUT2D eigenvalue weighted by Gasteiger charge is -2.23. The van der Waals surface area contributed by atoms with Crippen LogP contribution in [0.4, 0.5) is 5.69 Å². The van der Waals surface area contributed by atoms with Crippen molar-refractivity contribution in [2.24, 2.45) is 11.8 Å². The highest BCUT2D eigenvalue weighted by Crippen LogP contribution is 2.36. The van der Waals surface area contributed by atoms with Gasteiger partial charge in [-0.25, -0.2) is 4.79 Å². The molecule has 3 rings (SSSR count). The Labute approximate surface area is 168 Å². The maximum Gasteiger partial charge on any atom is 0.329 e. The second-order valence-corrected chi connectivity index (χ2v) is 7.15. The van der Waals surface area contributed by atoms with E-state index in [1.54, 1.807) is 24.3 Å². The molecule has 0 bridgehead atoms. The molecule has 1 aliphatic carbocycles. The second kappa shape index (κ2) is 8.46. The van der Waals surface area contributed by atoms with Crippen LogP contribution in [0.1, 0.15) is 26.7 Å². The first kappa shape index (κ1) is 20.6. The number of amides is 3. The van der Waals surface area contributed by atoms with E-state index in [0.29, 0.717) is 24.3 Å². The zero-order valence-electron chi connectivity index (χ0n) is 16.6. The molecule has 1 aromatic carbocycles. The molecule has 0 radical (unpaired) electrons. The number of hydrogen-bond donors (Lipinski definition) is 1. The minimum atomic E-state index is -1.12. The van der Waals surface area contributed by atoms with Crippen LogP contribution in [0.3, 0.4) is 0 Å². The Morgan fingerprint density at radius 1 is 1.07 bits per heavy atom. The second-order valence-electron chi connectivity index (χ2n) is 7.15. The Kier molecular flexibility index (Phi) is 6.00. The molecule has 1 aliphatic heterocycles. The number of imide groups is 1. The third kappa shape index (κ3) is 4.01. The number of fused-ring (bicyclic) bond motifs is 1. The Morgan fingerprint density at radius 2 is 1.66 bits per heavy atom. The van der Waals surface area contributed by atoms with Crippen LogP contribution in [-0.2, 0) is 23.9 Å². The van der Waals surface area contributed by atoms with Gasteiger partial charge < -0.3 is 14.8 Å². The van der Waals surface area contributed by atoms with E-state index in [9.17, 15) is 19.2 Å². The summed E-state index contributed by atoms with van der Waals surface area (Å²) in [7, 11) is 1.48. The fourth-order valence-electron chi connectivity index (χ4n) is 3.62. The predicted octanol–water partition coefficient (Wildman–Crippen LogP) is 1.91. The number of ether oxygens (including phenoxy) is 2. The molecule has 1 N–H and O–H groups in total. The van der Waals surface area contributed by atoms with E-state index in [1.807, 2.05) is 12.2 Å². The van der Waals surface area contributed by atoms with Crippen LogP contribution in [0.25, 0.3) is 0 Å². The van der Waals surface area contributed by atoms with Crippen molar-refractivity contribution in [3.63, 3.8) is 0 Å². The Hall–Kier alpha value is -3.16. The molecule has 154 valence electrons. The highest BCUT2D eigenvalue weighted by molar-refractivity contribution is 6.08. The van der Waals surface area contributed by atoms with E-state index < -0.39 is 35.9 Å². The molecular weight excluding hydrogens is 376 g/mol. The van der Waals surface area contributed by atoms with Gasteiger partial charge in [0, 0.05) is 0 Å². The fourth-order valence-corrected chi connectivity index (χ4v) is 3.62. The smallest absolute Gasteiger partial charge is 0.329 e. The number of hydrogen-bond acceptors (Lipinski definition) is 6. The van der Waals surface area contributed by atoms with Crippen molar-refractivity contribution in [3.05, 3.63) is 36.4 Å². The molecule has 1 saturated heterocycles. The highest BCUT2D eigenvalue weighted by Gasteiger charge is 2.50. The molecule has 0 saturated carbocycles. The van der Waals surface area contributed by atoms with Crippen molar-refractivity contribution in [1.82, 2.24) is 4.90 Å². The van der Waals surface area contributed by atoms with Crippen LogP contribution >= 0.6 is 0 Å². The molecule has 1 aromatic rings. The van der Waals surface area contributed by atoms with Gasteiger partial charge in [0.05, 0.1) is 24.6 Å². The van der Waals surface area contributed by atoms with Crippen molar-refractivity contribution in [1.29, 1.82) is 0 Å². The van der Waals surface area contributed by atoms with Crippen LogP contribution in [0.15, 0.2) is 36.4 Å². The number of carbonyl (C=O) groups excluding carboxylic acids is 4. The monoisotopic (exact) mass is 400 g/mol. The summed E-state index contributed by atoms with van der Waals surface area (Å²) in [4.78, 5) is 51.1. The molecule has 29 heavy (non-hydrogen) atoms. The highest BCUT2D eigenvalue weighted by atomic mass is 16.5. The van der Waals surface area contributed by atoms with Gasteiger partial charge in [-0.15, -0.1) is 0 Å². The average Bonchev–Trinajstić information content (AvgIpc) is 2.98. The van der Waals surface area contributed by atoms with Crippen molar-refractivity contribution < 1.29 is 28.7 Å². The van der Waals surface area contributed by atoms with Crippen molar-refractivity contribution >= 4 is 29.4 Å². The molecule has 4 atom stereocenters. The summed E-state index contributed by atoms with van der Waals surface area (Å²) in [5, 5.41) is 2.64. The van der Waals surface area contributed by atoms with Crippen molar-refractivity contribution in [2.75, 3.05) is 12.4 Å². The fraction of sp³-hybridized carbons (Fsp3) is 0.429. The summed E-state index contributed by atoms with van der Waals surface area (Å²) in [5.41, 5.74) is 0.442. The SMILES string of the molecule is COc1ccccc1NC(=O)[C@H](C)OC(=O)[C@@H](C)N1C(=O)[C@H]2CC=CC[C@H]2C1=O. The number of rotatable bonds is 6. The first-order chi connectivity index (χ1) is 13.8. The Bertz CT molecular complexity index is 838. The zero-order valence-corrected chi connectivity index (χ0v) is 16.6. The quantitative estimate of drug-likeness (QED) is 0.445. The number of esters is 1. The van der Waals surface area contributed by atoms with Gasteiger partial charge in [-0.05, 0) is 38.8 Å². The van der Waals surface area contributed by atoms with Crippen molar-refractivity contribution in [2.45, 2.75) is 38.8 Å². The van der Waals surface area contributed by atoms with Gasteiger partial charge in [-0.2, -0.15) is 0 Å². The summed E-state index contributed by atoms with van der Waals surface area (Å²) < 4.78 is 10.4. The summed E-state index contributed by atoms with van der Waals surface area (Å²) in [6, 6.07) is 5.74. The van der Waals surface area contributed by atoms with Gasteiger partial charge in [0.15, 0.2) is 6.10 Å². The molecule has 8 heteroatoms. The molecule has 0 unspecified atom stereocenters. The standard InChI is InChI=1S/C21H24N2O6/c1-12(23-19(25)14-8-4-5-9-15(14)20(23)26)21(27)29-13(2)18(24)22-16-10-6-7-11-17(16)28-3/h4-7,10-15H,8-9H2,1-3H3,(H,22,24)/t12-,13+,14-,15+/m1/s1. The number of para-hydroxylation sites is 2. The Morgan fingerprint density at radius 3 is 2.24 bits per heavy atom. The first-order valence-electron chi connectivity index (χ1n) is 9.51. The maximum absolute atomic E-state index is 12.6. The average molecular weight is 400 g/mol. The molecular formula is C21H24N2O6. The number of likely N-dealkylation sites (tertiary alicyclic amines) is 1. The van der Waals surface area contributed by atoms with Crippen molar-refractivity contribution in [3.8, 4) is 5.75 Å². The molecule has 2 aliphatic rings. The lowest BCUT2D eigenvalue weighted by atomic mass is 9.85. The maximum atomic E-state index is 12.6. The van der Waals surface area contributed by atoms with Gasteiger partial charge in [-0.1, -0.05) is 24.3 Å². The summed E-state index contributed by atoms with van der Waals surface area (Å²) >= 11 is 0. The third-order valence-electron chi connectivity index (χ3n) is 5.30. The topological polar surface area (TPSA) is 102 Å².